The van der Waals surface area contributed by atoms with Crippen LogP contribution < -0.4 is 10.5 Å². The average molecular weight is 582 g/mol. The molecule has 0 unspecified atom stereocenters. The molecule has 2 aromatic carbocycles. The molecule has 2 N–H and O–H groups in total. The zero-order valence-corrected chi connectivity index (χ0v) is 23.2. The summed E-state index contributed by atoms with van der Waals surface area (Å²) in [6, 6.07) is 13.3. The topological polar surface area (TPSA) is 84.6 Å². The molecule has 2 aliphatic heterocycles. The van der Waals surface area contributed by atoms with Crippen molar-refractivity contribution in [1.29, 1.82) is 0 Å². The summed E-state index contributed by atoms with van der Waals surface area (Å²) in [4.78, 5) is 26.2. The molecule has 6 rings (SSSR count). The number of rotatable bonds is 6. The fourth-order valence-corrected chi connectivity index (χ4v) is 6.47. The Labute approximate surface area is 239 Å². The lowest BCUT2D eigenvalue weighted by Gasteiger charge is -2.36. The summed E-state index contributed by atoms with van der Waals surface area (Å²) < 4.78 is 45.6. The first-order valence-electron chi connectivity index (χ1n) is 13.7. The maximum absolute atomic E-state index is 13.1. The van der Waals surface area contributed by atoms with Crippen molar-refractivity contribution in [2.75, 3.05) is 31.9 Å². The minimum absolute atomic E-state index is 0.0396. The van der Waals surface area contributed by atoms with E-state index in [2.05, 4.69) is 14.9 Å². The van der Waals surface area contributed by atoms with Crippen molar-refractivity contribution in [2.45, 2.75) is 44.5 Å². The Morgan fingerprint density at radius 2 is 1.73 bits per heavy atom. The lowest BCUT2D eigenvalue weighted by molar-refractivity contribution is -0.137. The number of fused-ring (bicyclic) bond motifs is 1. The highest BCUT2D eigenvalue weighted by Crippen LogP contribution is 2.34. The van der Waals surface area contributed by atoms with Gasteiger partial charge in [-0.2, -0.15) is 13.2 Å². The van der Waals surface area contributed by atoms with Crippen LogP contribution in [-0.4, -0.2) is 57.9 Å². The molecule has 2 aliphatic rings. The number of pyridine rings is 1. The maximum atomic E-state index is 13.1. The first-order valence-corrected chi connectivity index (χ1v) is 14.5. The Hall–Kier alpha value is -3.70. The van der Waals surface area contributed by atoms with E-state index in [1.807, 2.05) is 29.2 Å². The van der Waals surface area contributed by atoms with E-state index in [1.165, 1.54) is 43.3 Å². The van der Waals surface area contributed by atoms with Crippen LogP contribution in [-0.2, 0) is 12.8 Å². The van der Waals surface area contributed by atoms with Crippen LogP contribution in [0.4, 0.5) is 19.0 Å². The molecule has 0 atom stereocenters. The molecule has 4 heterocycles. The number of halogens is 3. The first kappa shape index (κ1) is 27.5. The van der Waals surface area contributed by atoms with Gasteiger partial charge in [0, 0.05) is 36.5 Å². The van der Waals surface area contributed by atoms with Crippen molar-refractivity contribution in [3.05, 3.63) is 70.9 Å². The number of aromatic nitrogens is 2. The number of piperidine rings is 1. The molecule has 0 spiro atoms. The van der Waals surface area contributed by atoms with E-state index >= 15 is 0 Å². The molecule has 2 aromatic heterocycles. The molecule has 0 saturated carbocycles. The van der Waals surface area contributed by atoms with Crippen molar-refractivity contribution >= 4 is 33.3 Å². The number of nitrogens with two attached hydrogens (primary N) is 1. The lowest BCUT2D eigenvalue weighted by atomic mass is 10.0. The molecule has 214 valence electrons. The first-order chi connectivity index (χ1) is 19.7. The van der Waals surface area contributed by atoms with Gasteiger partial charge in [0.05, 0.1) is 15.8 Å². The number of benzene rings is 2. The second-order valence-electron chi connectivity index (χ2n) is 10.5. The van der Waals surface area contributed by atoms with Crippen molar-refractivity contribution in [3.63, 3.8) is 0 Å². The molecular formula is C30H30F3N5O2S. The molecule has 0 aliphatic carbocycles. The van der Waals surface area contributed by atoms with E-state index in [1.54, 1.807) is 12.3 Å². The summed E-state index contributed by atoms with van der Waals surface area (Å²) >= 11 is 1.26. The van der Waals surface area contributed by atoms with Crippen LogP contribution >= 0.6 is 11.3 Å². The Balaban J connectivity index is 1.10. The monoisotopic (exact) mass is 581 g/mol. The summed E-state index contributed by atoms with van der Waals surface area (Å²) in [7, 11) is 0. The fraction of sp³-hybridized carbons (Fsp3) is 0.367. The summed E-state index contributed by atoms with van der Waals surface area (Å²) in [5, 5.41) is 0.524. The summed E-state index contributed by atoms with van der Waals surface area (Å²) in [5.41, 5.74) is 7.84. The third kappa shape index (κ3) is 6.01. The van der Waals surface area contributed by atoms with E-state index in [0.717, 1.165) is 49.2 Å². The molecule has 2 saturated heterocycles. The van der Waals surface area contributed by atoms with Crippen molar-refractivity contribution in [1.82, 2.24) is 19.8 Å². The number of amides is 1. The number of likely N-dealkylation sites (tertiary alicyclic amines) is 2. The van der Waals surface area contributed by atoms with Gasteiger partial charge in [-0.05, 0) is 80.7 Å². The zero-order chi connectivity index (χ0) is 28.6. The summed E-state index contributed by atoms with van der Waals surface area (Å²) in [5.74, 6) is 0.589. The Morgan fingerprint density at radius 1 is 1.00 bits per heavy atom. The van der Waals surface area contributed by atoms with Gasteiger partial charge < -0.3 is 20.3 Å². The van der Waals surface area contributed by atoms with Crippen molar-refractivity contribution in [2.24, 2.45) is 0 Å². The highest BCUT2D eigenvalue weighted by atomic mass is 32.1. The highest BCUT2D eigenvalue weighted by Gasteiger charge is 2.31. The molecular weight excluding hydrogens is 551 g/mol. The second kappa shape index (κ2) is 11.3. The number of thiazole rings is 1. The van der Waals surface area contributed by atoms with Gasteiger partial charge in [-0.1, -0.05) is 12.1 Å². The molecule has 7 nitrogen and oxygen atoms in total. The summed E-state index contributed by atoms with van der Waals surface area (Å²) in [6.07, 6.45) is 1.82. The predicted molar refractivity (Wildman–Crippen MR) is 153 cm³/mol. The number of hydrogen-bond donors (Lipinski definition) is 1. The van der Waals surface area contributed by atoms with E-state index < -0.39 is 11.7 Å². The van der Waals surface area contributed by atoms with E-state index in [9.17, 15) is 18.0 Å². The van der Waals surface area contributed by atoms with Gasteiger partial charge in [-0.3, -0.25) is 4.79 Å². The Morgan fingerprint density at radius 3 is 2.44 bits per heavy atom. The fourth-order valence-electron chi connectivity index (χ4n) is 5.61. The number of alkyl halides is 3. The second-order valence-corrected chi connectivity index (χ2v) is 11.6. The normalized spacial score (nSPS) is 16.9. The number of nitrogens with zero attached hydrogens (tertiary/aromatic N) is 4. The smallest absolute Gasteiger partial charge is 0.416 e. The SMILES string of the molecule is Nc1ncc(-c2ccc(C(=O)N3CCC(N4CCCC4)CC3)cc2)cc1OCc1nc2cc(C(F)(F)F)ccc2s1. The molecule has 4 aromatic rings. The van der Waals surface area contributed by atoms with E-state index in [4.69, 9.17) is 10.5 Å². The van der Waals surface area contributed by atoms with Crippen LogP contribution in [0, 0.1) is 0 Å². The quantitative estimate of drug-likeness (QED) is 0.290. The highest BCUT2D eigenvalue weighted by molar-refractivity contribution is 7.18. The lowest BCUT2D eigenvalue weighted by Crippen LogP contribution is -2.45. The van der Waals surface area contributed by atoms with E-state index in [0.29, 0.717) is 27.1 Å². The maximum Gasteiger partial charge on any atom is 0.416 e. The molecule has 0 bridgehead atoms. The Kier molecular flexibility index (Phi) is 7.56. The average Bonchev–Trinajstić information content (AvgIpc) is 3.66. The van der Waals surface area contributed by atoms with Gasteiger partial charge in [0.25, 0.3) is 5.91 Å². The number of carbonyl (C=O) groups excluding carboxylic acids is 1. The largest absolute Gasteiger partial charge is 0.483 e. The summed E-state index contributed by atoms with van der Waals surface area (Å²) in [6.45, 7) is 3.96. The number of carbonyl (C=O) groups is 1. The van der Waals surface area contributed by atoms with Gasteiger partial charge in [0.2, 0.25) is 0 Å². The van der Waals surface area contributed by atoms with Crippen LogP contribution in [0.2, 0.25) is 0 Å². The third-order valence-corrected chi connectivity index (χ3v) is 8.88. The number of ether oxygens (including phenoxy) is 1. The molecule has 41 heavy (non-hydrogen) atoms. The van der Waals surface area contributed by atoms with Crippen LogP contribution in [0.15, 0.2) is 54.7 Å². The van der Waals surface area contributed by atoms with Gasteiger partial charge in [-0.15, -0.1) is 11.3 Å². The molecule has 11 heteroatoms. The zero-order valence-electron chi connectivity index (χ0n) is 22.4. The van der Waals surface area contributed by atoms with Crippen LogP contribution in [0.3, 0.4) is 0 Å². The number of hydrogen-bond acceptors (Lipinski definition) is 7. The number of anilines is 1. The molecule has 0 radical (unpaired) electrons. The molecule has 1 amide bonds. The van der Waals surface area contributed by atoms with Crippen LogP contribution in [0.5, 0.6) is 5.75 Å². The van der Waals surface area contributed by atoms with Gasteiger partial charge in [0.1, 0.15) is 11.6 Å². The standard InChI is InChI=1S/C30H30F3N5O2S/c31-30(32,33)22-7-8-26-24(16-22)36-27(41-26)18-40-25-15-21(17-35-28(25)34)19-3-5-20(6-4-19)29(39)38-13-9-23(10-14-38)37-11-1-2-12-37/h3-8,15-17,23H,1-2,9-14,18H2,(H2,34,35). The predicted octanol–water partition coefficient (Wildman–Crippen LogP) is 6.24. The van der Waals surface area contributed by atoms with Gasteiger partial charge >= 0.3 is 6.18 Å². The van der Waals surface area contributed by atoms with Crippen LogP contribution in [0.25, 0.3) is 21.3 Å². The van der Waals surface area contributed by atoms with Gasteiger partial charge in [-0.25, -0.2) is 9.97 Å². The van der Waals surface area contributed by atoms with Crippen molar-refractivity contribution in [3.8, 4) is 16.9 Å². The third-order valence-electron chi connectivity index (χ3n) is 7.87. The molecule has 2 fully saturated rings. The van der Waals surface area contributed by atoms with Crippen molar-refractivity contribution < 1.29 is 22.7 Å². The van der Waals surface area contributed by atoms with E-state index in [-0.39, 0.29) is 23.8 Å². The minimum atomic E-state index is -4.43. The minimum Gasteiger partial charge on any atom is -0.483 e. The number of nitrogen functional groups attached to an aromatic ring is 1. The van der Waals surface area contributed by atoms with Gasteiger partial charge in [0.15, 0.2) is 11.6 Å². The van der Waals surface area contributed by atoms with Crippen LogP contribution in [0.1, 0.15) is 46.6 Å². The Bertz CT molecular complexity index is 1540.